The van der Waals surface area contributed by atoms with Crippen LogP contribution in [-0.4, -0.2) is 26.8 Å². The number of rotatable bonds is 5. The number of amides is 1. The number of halogens is 1. The van der Waals surface area contributed by atoms with Gasteiger partial charge in [0.25, 0.3) is 5.56 Å². The van der Waals surface area contributed by atoms with Crippen LogP contribution in [-0.2, 0) is 4.79 Å². The first-order valence-electron chi connectivity index (χ1n) is 8.23. The number of nitrogens with zero attached hydrogens (tertiary/aromatic N) is 2. The minimum Gasteiger partial charge on any atom is -0.476 e. The number of carbonyl (C=O) groups is 2. The van der Waals surface area contributed by atoms with Gasteiger partial charge in [0.15, 0.2) is 5.69 Å². The number of carboxylic acid groups (broad SMARTS) is 1. The number of anilines is 1. The standard InChI is InChI=1S/C19H16FN3O4/c1-2-15(17(24)21-12-9-7-11(20)8-10-12)23-18(25)14-6-4-3-5-13(14)16(22-23)19(26)27/h3-10,15H,2H2,1H3,(H,21,24)(H,26,27). The van der Waals surface area contributed by atoms with Gasteiger partial charge in [-0.15, -0.1) is 0 Å². The van der Waals surface area contributed by atoms with Gasteiger partial charge in [0, 0.05) is 11.1 Å². The number of aromatic nitrogens is 2. The fourth-order valence-electron chi connectivity index (χ4n) is 2.80. The van der Waals surface area contributed by atoms with Gasteiger partial charge >= 0.3 is 5.97 Å². The summed E-state index contributed by atoms with van der Waals surface area (Å²) in [6.07, 6.45) is 0.206. The largest absolute Gasteiger partial charge is 0.476 e. The highest BCUT2D eigenvalue weighted by atomic mass is 19.1. The van der Waals surface area contributed by atoms with Crippen molar-refractivity contribution in [2.24, 2.45) is 0 Å². The van der Waals surface area contributed by atoms with Crippen molar-refractivity contribution in [3.8, 4) is 0 Å². The van der Waals surface area contributed by atoms with E-state index in [9.17, 15) is 23.9 Å². The third-order valence-corrected chi connectivity index (χ3v) is 4.13. The molecule has 3 rings (SSSR count). The Morgan fingerprint density at radius 1 is 1.15 bits per heavy atom. The van der Waals surface area contributed by atoms with Gasteiger partial charge < -0.3 is 10.4 Å². The number of fused-ring (bicyclic) bond motifs is 1. The quantitative estimate of drug-likeness (QED) is 0.720. The molecule has 2 N–H and O–H groups in total. The molecule has 0 aliphatic carbocycles. The van der Waals surface area contributed by atoms with Gasteiger partial charge in [-0.2, -0.15) is 5.10 Å². The molecule has 1 unspecified atom stereocenters. The van der Waals surface area contributed by atoms with Crippen molar-refractivity contribution < 1.29 is 19.1 Å². The van der Waals surface area contributed by atoms with E-state index in [1.54, 1.807) is 19.1 Å². The first-order valence-corrected chi connectivity index (χ1v) is 8.23. The molecule has 0 aliphatic heterocycles. The van der Waals surface area contributed by atoms with Gasteiger partial charge in [0.1, 0.15) is 11.9 Å². The van der Waals surface area contributed by atoms with E-state index < -0.39 is 29.3 Å². The van der Waals surface area contributed by atoms with Crippen LogP contribution in [0.15, 0.2) is 53.3 Å². The Morgan fingerprint density at radius 2 is 1.78 bits per heavy atom. The molecule has 1 atom stereocenters. The highest BCUT2D eigenvalue weighted by Gasteiger charge is 2.25. The fourth-order valence-corrected chi connectivity index (χ4v) is 2.80. The fraction of sp³-hybridized carbons (Fsp3) is 0.158. The van der Waals surface area contributed by atoms with E-state index in [2.05, 4.69) is 10.4 Å². The number of carbonyl (C=O) groups excluding carboxylic acids is 1. The summed E-state index contributed by atoms with van der Waals surface area (Å²) in [5, 5.41) is 16.3. The lowest BCUT2D eigenvalue weighted by molar-refractivity contribution is -0.119. The van der Waals surface area contributed by atoms with Crippen LogP contribution in [0.3, 0.4) is 0 Å². The van der Waals surface area contributed by atoms with Crippen molar-refractivity contribution in [1.82, 2.24) is 9.78 Å². The third kappa shape index (κ3) is 3.55. The van der Waals surface area contributed by atoms with E-state index in [-0.39, 0.29) is 22.9 Å². The van der Waals surface area contributed by atoms with Crippen LogP contribution in [0.25, 0.3) is 10.8 Å². The number of benzene rings is 2. The van der Waals surface area contributed by atoms with E-state index in [1.807, 2.05) is 0 Å². The van der Waals surface area contributed by atoms with Crippen LogP contribution < -0.4 is 10.9 Å². The number of hydrogen-bond acceptors (Lipinski definition) is 4. The molecule has 0 fully saturated rings. The Labute approximate surface area is 153 Å². The summed E-state index contributed by atoms with van der Waals surface area (Å²) in [5.41, 5.74) is -0.512. The molecular formula is C19H16FN3O4. The molecule has 1 heterocycles. The van der Waals surface area contributed by atoms with Crippen molar-refractivity contribution in [2.75, 3.05) is 5.32 Å². The average Bonchev–Trinajstić information content (AvgIpc) is 2.66. The molecule has 7 nitrogen and oxygen atoms in total. The summed E-state index contributed by atoms with van der Waals surface area (Å²) in [4.78, 5) is 37.0. The highest BCUT2D eigenvalue weighted by molar-refractivity contribution is 6.01. The maximum absolute atomic E-state index is 13.0. The first kappa shape index (κ1) is 18.2. The summed E-state index contributed by atoms with van der Waals surface area (Å²) in [7, 11) is 0. The van der Waals surface area contributed by atoms with Crippen LogP contribution >= 0.6 is 0 Å². The van der Waals surface area contributed by atoms with Gasteiger partial charge in [-0.25, -0.2) is 13.9 Å². The number of aromatic carboxylic acids is 1. The molecule has 2 aromatic carbocycles. The normalized spacial score (nSPS) is 11.9. The first-order chi connectivity index (χ1) is 12.9. The lowest BCUT2D eigenvalue weighted by Gasteiger charge is -2.18. The van der Waals surface area contributed by atoms with Crippen molar-refractivity contribution in [1.29, 1.82) is 0 Å². The number of nitrogens with one attached hydrogen (secondary N) is 1. The monoisotopic (exact) mass is 369 g/mol. The van der Waals surface area contributed by atoms with Crippen LogP contribution in [0.1, 0.15) is 29.9 Å². The van der Waals surface area contributed by atoms with Gasteiger partial charge in [-0.3, -0.25) is 9.59 Å². The molecule has 0 spiro atoms. The van der Waals surface area contributed by atoms with Gasteiger partial charge in [-0.1, -0.05) is 25.1 Å². The molecular weight excluding hydrogens is 353 g/mol. The van der Waals surface area contributed by atoms with Crippen molar-refractivity contribution in [3.63, 3.8) is 0 Å². The molecule has 0 radical (unpaired) electrons. The van der Waals surface area contributed by atoms with E-state index in [0.717, 1.165) is 4.68 Å². The van der Waals surface area contributed by atoms with Crippen LogP contribution in [0.4, 0.5) is 10.1 Å². The lowest BCUT2D eigenvalue weighted by atomic mass is 10.1. The molecule has 1 amide bonds. The second-order valence-corrected chi connectivity index (χ2v) is 5.87. The van der Waals surface area contributed by atoms with Gasteiger partial charge in [-0.05, 0) is 36.8 Å². The molecule has 0 aliphatic rings. The maximum atomic E-state index is 13.0. The predicted octanol–water partition coefficient (Wildman–Crippen LogP) is 2.82. The SMILES string of the molecule is CCC(C(=O)Nc1ccc(F)cc1)n1nc(C(=O)O)c2ccccc2c1=O. The minimum atomic E-state index is -1.30. The zero-order chi connectivity index (χ0) is 19.6. The van der Waals surface area contributed by atoms with E-state index >= 15 is 0 Å². The Balaban J connectivity index is 2.06. The Bertz CT molecular complexity index is 1080. The maximum Gasteiger partial charge on any atom is 0.357 e. The molecule has 0 saturated carbocycles. The number of carboxylic acids is 1. The van der Waals surface area contributed by atoms with E-state index in [1.165, 1.54) is 36.4 Å². The molecule has 138 valence electrons. The second-order valence-electron chi connectivity index (χ2n) is 5.87. The van der Waals surface area contributed by atoms with E-state index in [0.29, 0.717) is 5.69 Å². The van der Waals surface area contributed by atoms with Gasteiger partial charge in [0.05, 0.1) is 5.39 Å². The highest BCUT2D eigenvalue weighted by Crippen LogP contribution is 2.18. The third-order valence-electron chi connectivity index (χ3n) is 4.13. The molecule has 0 saturated heterocycles. The zero-order valence-electron chi connectivity index (χ0n) is 14.3. The molecule has 0 bridgehead atoms. The predicted molar refractivity (Wildman–Crippen MR) is 97.3 cm³/mol. The average molecular weight is 369 g/mol. The topological polar surface area (TPSA) is 101 Å². The summed E-state index contributed by atoms with van der Waals surface area (Å²) in [6, 6.07) is 10.4. The lowest BCUT2D eigenvalue weighted by Crippen LogP contribution is -2.36. The Hall–Kier alpha value is -3.55. The molecule has 8 heteroatoms. The zero-order valence-corrected chi connectivity index (χ0v) is 14.3. The smallest absolute Gasteiger partial charge is 0.357 e. The van der Waals surface area contributed by atoms with Crippen LogP contribution in [0.5, 0.6) is 0 Å². The Morgan fingerprint density at radius 3 is 2.37 bits per heavy atom. The van der Waals surface area contributed by atoms with Crippen molar-refractivity contribution in [3.05, 3.63) is 70.4 Å². The van der Waals surface area contributed by atoms with Gasteiger partial charge in [0.2, 0.25) is 5.91 Å². The summed E-state index contributed by atoms with van der Waals surface area (Å²) in [6.45, 7) is 1.68. The summed E-state index contributed by atoms with van der Waals surface area (Å²) >= 11 is 0. The van der Waals surface area contributed by atoms with Crippen LogP contribution in [0.2, 0.25) is 0 Å². The van der Waals surface area contributed by atoms with Crippen molar-refractivity contribution in [2.45, 2.75) is 19.4 Å². The second kappa shape index (κ2) is 7.36. The number of hydrogen-bond donors (Lipinski definition) is 2. The Kier molecular flexibility index (Phi) is 4.98. The van der Waals surface area contributed by atoms with Crippen molar-refractivity contribution >= 4 is 28.3 Å². The molecule has 27 heavy (non-hydrogen) atoms. The minimum absolute atomic E-state index is 0.165. The summed E-state index contributed by atoms with van der Waals surface area (Å²) in [5.74, 6) is -2.29. The summed E-state index contributed by atoms with van der Waals surface area (Å²) < 4.78 is 13.9. The van der Waals surface area contributed by atoms with Crippen LogP contribution in [0, 0.1) is 5.82 Å². The van der Waals surface area contributed by atoms with E-state index in [4.69, 9.17) is 0 Å². The molecule has 3 aromatic rings. The molecule has 1 aromatic heterocycles.